The van der Waals surface area contributed by atoms with E-state index in [1.165, 1.54) is 19.1 Å². The summed E-state index contributed by atoms with van der Waals surface area (Å²) in [4.78, 5) is 13.7. The minimum atomic E-state index is -1.39. The van der Waals surface area contributed by atoms with Crippen molar-refractivity contribution in [3.8, 4) is 0 Å². The maximum atomic E-state index is 14.2. The molecule has 2 rings (SSSR count). The van der Waals surface area contributed by atoms with Crippen LogP contribution in [-0.4, -0.2) is 50.1 Å². The van der Waals surface area contributed by atoms with Gasteiger partial charge in [-0.25, -0.2) is 4.39 Å². The van der Waals surface area contributed by atoms with E-state index < -0.39 is 12.0 Å². The lowest BCUT2D eigenvalue weighted by Crippen LogP contribution is -2.56. The van der Waals surface area contributed by atoms with Gasteiger partial charge in [-0.05, 0) is 24.3 Å². The van der Waals surface area contributed by atoms with E-state index in [-0.39, 0.29) is 12.5 Å². The van der Waals surface area contributed by atoms with Crippen LogP contribution in [0.2, 0.25) is 5.02 Å². The molecule has 1 aliphatic heterocycles. The second-order valence-corrected chi connectivity index (χ2v) is 5.13. The molecule has 0 bridgehead atoms. The molecule has 6 heteroatoms. The summed E-state index contributed by atoms with van der Waals surface area (Å²) in [6.07, 6.45) is -1.09. The van der Waals surface area contributed by atoms with Crippen molar-refractivity contribution in [2.45, 2.75) is 18.4 Å². The summed E-state index contributed by atoms with van der Waals surface area (Å²) in [5, 5.41) is 0.557. The average Bonchev–Trinajstić information content (AvgIpc) is 2.47. The molecular formula is C14H17ClFNO3. The number of halogens is 2. The number of likely N-dealkylation sites (tertiary alicyclic amines) is 1. The van der Waals surface area contributed by atoms with E-state index in [0.717, 1.165) is 0 Å². The quantitative estimate of drug-likeness (QED) is 0.805. The number of hydrogen-bond donors (Lipinski definition) is 0. The minimum absolute atomic E-state index is 0.0524. The smallest absolute Gasteiger partial charge is 0.253 e. The van der Waals surface area contributed by atoms with E-state index in [9.17, 15) is 9.18 Å². The van der Waals surface area contributed by atoms with Crippen LogP contribution < -0.4 is 0 Å². The Morgan fingerprint density at radius 2 is 1.95 bits per heavy atom. The Bertz CT molecular complexity index is 476. The van der Waals surface area contributed by atoms with Gasteiger partial charge in [0.05, 0.1) is 6.54 Å². The van der Waals surface area contributed by atoms with E-state index >= 15 is 0 Å². The highest BCUT2D eigenvalue weighted by atomic mass is 35.5. The van der Waals surface area contributed by atoms with Crippen molar-refractivity contribution in [3.63, 3.8) is 0 Å². The van der Waals surface area contributed by atoms with E-state index in [4.69, 9.17) is 21.1 Å². The number of ether oxygens (including phenoxy) is 2. The number of carbonyl (C=O) groups is 1. The summed E-state index contributed by atoms with van der Waals surface area (Å²) >= 11 is 5.78. The summed E-state index contributed by atoms with van der Waals surface area (Å²) in [6.45, 7) is 0.326. The normalized spacial score (nSPS) is 21.8. The van der Waals surface area contributed by atoms with Gasteiger partial charge >= 0.3 is 0 Å². The van der Waals surface area contributed by atoms with Crippen LogP contribution in [-0.2, 0) is 9.47 Å². The summed E-state index contributed by atoms with van der Waals surface area (Å²) in [7, 11) is 2.82. The highest BCUT2D eigenvalue weighted by Gasteiger charge is 2.45. The number of methoxy groups -OCH3 is 2. The summed E-state index contributed by atoms with van der Waals surface area (Å²) in [5.74, 6) is -1.47. The Morgan fingerprint density at radius 1 is 1.35 bits per heavy atom. The van der Waals surface area contributed by atoms with Gasteiger partial charge in [-0.2, -0.15) is 0 Å². The molecule has 1 saturated heterocycles. The molecule has 0 spiro atoms. The third-order valence-electron chi connectivity index (χ3n) is 3.66. The first-order valence-corrected chi connectivity index (χ1v) is 6.69. The second kappa shape index (κ2) is 6.08. The minimum Gasteiger partial charge on any atom is -0.350 e. The van der Waals surface area contributed by atoms with Gasteiger partial charge in [0, 0.05) is 37.8 Å². The first kappa shape index (κ1) is 15.2. The van der Waals surface area contributed by atoms with Gasteiger partial charge in [0.2, 0.25) is 5.79 Å². The molecule has 0 aliphatic carbocycles. The number of amides is 1. The Kier molecular flexibility index (Phi) is 4.62. The Labute approximate surface area is 122 Å². The molecule has 1 heterocycles. The van der Waals surface area contributed by atoms with Gasteiger partial charge < -0.3 is 14.4 Å². The third-order valence-corrected chi connectivity index (χ3v) is 3.91. The molecule has 110 valence electrons. The number of piperidine rings is 1. The van der Waals surface area contributed by atoms with E-state index in [1.54, 1.807) is 24.3 Å². The lowest BCUT2D eigenvalue weighted by molar-refractivity contribution is -0.259. The Hall–Kier alpha value is -1.17. The van der Waals surface area contributed by atoms with Gasteiger partial charge in [-0.1, -0.05) is 11.6 Å². The van der Waals surface area contributed by atoms with E-state index in [0.29, 0.717) is 23.6 Å². The van der Waals surface area contributed by atoms with Crippen molar-refractivity contribution in [1.82, 2.24) is 4.90 Å². The molecule has 1 amide bonds. The molecule has 1 aliphatic rings. The number of rotatable bonds is 3. The van der Waals surface area contributed by atoms with Crippen molar-refractivity contribution in [1.29, 1.82) is 0 Å². The van der Waals surface area contributed by atoms with E-state index in [1.807, 2.05) is 0 Å². The largest absolute Gasteiger partial charge is 0.350 e. The van der Waals surface area contributed by atoms with Crippen LogP contribution in [0.4, 0.5) is 4.39 Å². The fraction of sp³-hybridized carbons (Fsp3) is 0.500. The molecule has 1 aromatic rings. The fourth-order valence-corrected chi connectivity index (χ4v) is 2.50. The molecule has 0 saturated carbocycles. The number of benzene rings is 1. The molecule has 4 nitrogen and oxygen atoms in total. The van der Waals surface area contributed by atoms with Crippen molar-refractivity contribution in [2.24, 2.45) is 0 Å². The van der Waals surface area contributed by atoms with Gasteiger partial charge in [-0.3, -0.25) is 4.79 Å². The molecule has 1 aromatic carbocycles. The van der Waals surface area contributed by atoms with Crippen molar-refractivity contribution in [3.05, 3.63) is 34.9 Å². The summed E-state index contributed by atoms with van der Waals surface area (Å²) in [6, 6.07) is 6.54. The van der Waals surface area contributed by atoms with Crippen LogP contribution in [0.25, 0.3) is 0 Å². The highest BCUT2D eigenvalue weighted by molar-refractivity contribution is 6.30. The van der Waals surface area contributed by atoms with Gasteiger partial charge in [0.1, 0.15) is 0 Å². The monoisotopic (exact) mass is 301 g/mol. The number of hydrogen-bond acceptors (Lipinski definition) is 3. The van der Waals surface area contributed by atoms with Crippen LogP contribution in [0.15, 0.2) is 24.3 Å². The van der Waals surface area contributed by atoms with Crippen LogP contribution in [0.5, 0.6) is 0 Å². The van der Waals surface area contributed by atoms with Crippen molar-refractivity contribution < 1.29 is 18.7 Å². The summed E-state index contributed by atoms with van der Waals surface area (Å²) in [5.41, 5.74) is 0.490. The van der Waals surface area contributed by atoms with Crippen molar-refractivity contribution >= 4 is 17.5 Å². The molecular weight excluding hydrogens is 285 g/mol. The van der Waals surface area contributed by atoms with Crippen LogP contribution in [0.1, 0.15) is 16.8 Å². The van der Waals surface area contributed by atoms with Crippen molar-refractivity contribution in [2.75, 3.05) is 27.3 Å². The SMILES string of the molecule is COC1(OC)CCN(C(=O)c2ccc(Cl)cc2)CC1F. The molecule has 1 fully saturated rings. The maximum Gasteiger partial charge on any atom is 0.253 e. The molecule has 1 atom stereocenters. The van der Waals surface area contributed by atoms with Gasteiger partial charge in [0.25, 0.3) is 5.91 Å². The third kappa shape index (κ3) is 2.80. The van der Waals surface area contributed by atoms with Crippen LogP contribution in [0, 0.1) is 0 Å². The standard InChI is InChI=1S/C14H17ClFNO3/c1-19-14(20-2)7-8-17(9-12(14)16)13(18)10-3-5-11(15)6-4-10/h3-6,12H,7-9H2,1-2H3. The number of nitrogens with zero attached hydrogens (tertiary/aromatic N) is 1. The Morgan fingerprint density at radius 3 is 2.45 bits per heavy atom. The molecule has 0 radical (unpaired) electrons. The second-order valence-electron chi connectivity index (χ2n) is 4.70. The molecule has 1 unspecified atom stereocenters. The zero-order chi connectivity index (χ0) is 14.8. The van der Waals surface area contributed by atoms with Crippen LogP contribution >= 0.6 is 11.6 Å². The number of carbonyl (C=O) groups excluding carboxylic acids is 1. The highest BCUT2D eigenvalue weighted by Crippen LogP contribution is 2.30. The molecule has 0 aromatic heterocycles. The fourth-order valence-electron chi connectivity index (χ4n) is 2.37. The lowest BCUT2D eigenvalue weighted by atomic mass is 10.0. The van der Waals surface area contributed by atoms with Gasteiger partial charge in [-0.15, -0.1) is 0 Å². The zero-order valence-electron chi connectivity index (χ0n) is 11.4. The first-order valence-electron chi connectivity index (χ1n) is 6.31. The average molecular weight is 302 g/mol. The van der Waals surface area contributed by atoms with E-state index in [2.05, 4.69) is 0 Å². The lowest BCUT2D eigenvalue weighted by Gasteiger charge is -2.42. The number of alkyl halides is 1. The van der Waals surface area contributed by atoms with Gasteiger partial charge in [0.15, 0.2) is 6.17 Å². The summed E-state index contributed by atoms with van der Waals surface area (Å²) < 4.78 is 24.5. The molecule has 20 heavy (non-hydrogen) atoms. The first-order chi connectivity index (χ1) is 9.52. The topological polar surface area (TPSA) is 38.8 Å². The maximum absolute atomic E-state index is 14.2. The predicted molar refractivity (Wildman–Crippen MR) is 73.6 cm³/mol. The predicted octanol–water partition coefficient (Wildman–Crippen LogP) is 2.51. The van der Waals surface area contributed by atoms with Crippen LogP contribution in [0.3, 0.4) is 0 Å². The molecule has 0 N–H and O–H groups in total. The zero-order valence-corrected chi connectivity index (χ0v) is 12.2. The Balaban J connectivity index is 2.09.